The molecule has 2 rings (SSSR count). The summed E-state index contributed by atoms with van der Waals surface area (Å²) in [6.45, 7) is 2.85. The van der Waals surface area contributed by atoms with Crippen LogP contribution in [0.2, 0.25) is 0 Å². The summed E-state index contributed by atoms with van der Waals surface area (Å²) in [5, 5.41) is 3.84. The maximum absolute atomic E-state index is 12.2. The molecule has 7 heteroatoms. The average molecular weight is 292 g/mol. The molecule has 114 valence electrons. The molecule has 0 radical (unpaired) electrons. The highest BCUT2D eigenvalue weighted by Crippen LogP contribution is 2.08. The zero-order valence-electron chi connectivity index (χ0n) is 12.5. The predicted molar refractivity (Wildman–Crippen MR) is 75.8 cm³/mol. The third-order valence-electron chi connectivity index (χ3n) is 3.12. The van der Waals surface area contributed by atoms with Gasteiger partial charge in [0, 0.05) is 26.3 Å². The topological polar surface area (TPSA) is 84.2 Å². The fourth-order valence-electron chi connectivity index (χ4n) is 1.90. The number of nitrogens with zero attached hydrogens (tertiary/aromatic N) is 3. The van der Waals surface area contributed by atoms with Crippen molar-refractivity contribution in [2.24, 2.45) is 0 Å². The molecule has 0 atom stereocenters. The zero-order valence-corrected chi connectivity index (χ0v) is 12.5. The van der Waals surface area contributed by atoms with Gasteiger partial charge in [-0.3, -0.25) is 4.79 Å². The summed E-state index contributed by atoms with van der Waals surface area (Å²) in [4.78, 5) is 21.1. The van der Waals surface area contributed by atoms with Gasteiger partial charge in [-0.1, -0.05) is 12.1 Å². The van der Waals surface area contributed by atoms with Crippen molar-refractivity contribution in [1.29, 1.82) is 0 Å². The summed E-state index contributed by atoms with van der Waals surface area (Å²) in [7, 11) is 3.32. The summed E-state index contributed by atoms with van der Waals surface area (Å²) >= 11 is 0. The van der Waals surface area contributed by atoms with E-state index in [1.54, 1.807) is 25.1 Å². The van der Waals surface area contributed by atoms with E-state index in [1.165, 1.54) is 0 Å². The van der Waals surface area contributed by atoms with E-state index in [0.29, 0.717) is 30.4 Å². The van der Waals surface area contributed by atoms with Crippen LogP contribution < -0.4 is 0 Å². The van der Waals surface area contributed by atoms with Crippen LogP contribution in [0.15, 0.2) is 16.7 Å². The summed E-state index contributed by atoms with van der Waals surface area (Å²) in [5.74, 6) is 0.895. The lowest BCUT2D eigenvalue weighted by Crippen LogP contribution is -2.26. The van der Waals surface area contributed by atoms with Gasteiger partial charge in [0.2, 0.25) is 5.89 Å². The number of H-pyrrole nitrogens is 1. The number of ether oxygens (including phenoxy) is 1. The van der Waals surface area contributed by atoms with E-state index in [-0.39, 0.29) is 12.5 Å². The fraction of sp³-hybridized carbons (Fsp3) is 0.500. The molecule has 0 spiro atoms. The molecule has 2 heterocycles. The van der Waals surface area contributed by atoms with Gasteiger partial charge in [-0.15, -0.1) is 0 Å². The second kappa shape index (κ2) is 7.03. The van der Waals surface area contributed by atoms with Gasteiger partial charge in [0.05, 0.1) is 6.61 Å². The summed E-state index contributed by atoms with van der Waals surface area (Å²) in [6, 6.07) is 3.70. The number of carbonyl (C=O) groups is 1. The summed E-state index contributed by atoms with van der Waals surface area (Å²) in [5.41, 5.74) is 1.60. The van der Waals surface area contributed by atoms with Gasteiger partial charge in [-0.2, -0.15) is 4.98 Å². The number of aryl methyl sites for hydroxylation is 1. The van der Waals surface area contributed by atoms with E-state index in [9.17, 15) is 4.79 Å². The van der Waals surface area contributed by atoms with Crippen LogP contribution in [-0.2, 0) is 24.1 Å². The largest absolute Gasteiger partial charge is 0.384 e. The average Bonchev–Trinajstić information content (AvgIpc) is 3.13. The van der Waals surface area contributed by atoms with Gasteiger partial charge in [-0.05, 0) is 18.6 Å². The van der Waals surface area contributed by atoms with Crippen molar-refractivity contribution in [3.05, 3.63) is 35.2 Å². The molecule has 1 N–H and O–H groups in total. The number of rotatable bonds is 7. The van der Waals surface area contributed by atoms with E-state index in [2.05, 4.69) is 15.1 Å². The minimum absolute atomic E-state index is 0.105. The second-order valence-corrected chi connectivity index (χ2v) is 4.76. The molecule has 0 saturated carbocycles. The van der Waals surface area contributed by atoms with E-state index >= 15 is 0 Å². The minimum atomic E-state index is -0.105. The Morgan fingerprint density at radius 2 is 2.29 bits per heavy atom. The highest BCUT2D eigenvalue weighted by molar-refractivity contribution is 5.92. The van der Waals surface area contributed by atoms with Crippen LogP contribution in [0.1, 0.15) is 34.8 Å². The summed E-state index contributed by atoms with van der Waals surface area (Å²) < 4.78 is 10.1. The number of aromatic nitrogens is 3. The normalized spacial score (nSPS) is 10.8. The van der Waals surface area contributed by atoms with Gasteiger partial charge >= 0.3 is 0 Å². The van der Waals surface area contributed by atoms with Crippen molar-refractivity contribution in [3.8, 4) is 0 Å². The highest BCUT2D eigenvalue weighted by atomic mass is 16.5. The number of nitrogens with one attached hydrogen (secondary N) is 1. The van der Waals surface area contributed by atoms with Crippen molar-refractivity contribution in [1.82, 2.24) is 20.0 Å². The minimum Gasteiger partial charge on any atom is -0.384 e. The number of hydrogen-bond acceptors (Lipinski definition) is 5. The third kappa shape index (κ3) is 3.91. The molecule has 0 aliphatic heterocycles. The summed E-state index contributed by atoms with van der Waals surface area (Å²) in [6.07, 6.45) is 1.46. The van der Waals surface area contributed by atoms with Crippen molar-refractivity contribution in [2.75, 3.05) is 20.8 Å². The van der Waals surface area contributed by atoms with Crippen LogP contribution >= 0.6 is 0 Å². The predicted octanol–water partition coefficient (Wildman–Crippen LogP) is 1.42. The monoisotopic (exact) mass is 292 g/mol. The smallest absolute Gasteiger partial charge is 0.270 e. The number of amides is 1. The van der Waals surface area contributed by atoms with Crippen molar-refractivity contribution in [2.45, 2.75) is 26.3 Å². The maximum atomic E-state index is 12.2. The van der Waals surface area contributed by atoms with Crippen molar-refractivity contribution >= 4 is 5.91 Å². The van der Waals surface area contributed by atoms with Crippen LogP contribution in [0.4, 0.5) is 0 Å². The Hall–Kier alpha value is -2.15. The molecule has 0 aliphatic carbocycles. The Morgan fingerprint density at radius 3 is 2.95 bits per heavy atom. The van der Waals surface area contributed by atoms with Crippen LogP contribution in [-0.4, -0.2) is 46.7 Å². The van der Waals surface area contributed by atoms with Crippen LogP contribution in [0, 0.1) is 0 Å². The first-order chi connectivity index (χ1) is 10.1. The molecule has 0 unspecified atom stereocenters. The third-order valence-corrected chi connectivity index (χ3v) is 3.12. The number of carbonyl (C=O) groups excluding carboxylic acids is 1. The second-order valence-electron chi connectivity index (χ2n) is 4.76. The fourth-order valence-corrected chi connectivity index (χ4v) is 1.90. The lowest BCUT2D eigenvalue weighted by atomic mass is 10.3. The standard InChI is InChI=1S/C14H20N4O3/c1-4-10-5-6-11(15-10)14(19)18(2)9-13-16-12(17-21-13)7-8-20-3/h5-6,15H,4,7-9H2,1-3H3. The lowest BCUT2D eigenvalue weighted by Gasteiger charge is -2.13. The molecule has 21 heavy (non-hydrogen) atoms. The van der Waals surface area contributed by atoms with Crippen LogP contribution in [0.25, 0.3) is 0 Å². The first kappa shape index (κ1) is 15.2. The molecule has 7 nitrogen and oxygen atoms in total. The Labute approximate surface area is 123 Å². The number of hydrogen-bond donors (Lipinski definition) is 1. The van der Waals surface area contributed by atoms with Gasteiger partial charge in [0.15, 0.2) is 5.82 Å². The first-order valence-corrected chi connectivity index (χ1v) is 6.87. The van der Waals surface area contributed by atoms with Gasteiger partial charge < -0.3 is 19.1 Å². The number of aromatic amines is 1. The van der Waals surface area contributed by atoms with E-state index < -0.39 is 0 Å². The Kier molecular flexibility index (Phi) is 5.10. The quantitative estimate of drug-likeness (QED) is 0.834. The Bertz CT molecular complexity index is 591. The van der Waals surface area contributed by atoms with Crippen LogP contribution in [0.5, 0.6) is 0 Å². The maximum Gasteiger partial charge on any atom is 0.270 e. The first-order valence-electron chi connectivity index (χ1n) is 6.87. The number of methoxy groups -OCH3 is 1. The Morgan fingerprint density at radius 1 is 1.48 bits per heavy atom. The van der Waals surface area contributed by atoms with E-state index in [4.69, 9.17) is 9.26 Å². The Balaban J connectivity index is 1.95. The highest BCUT2D eigenvalue weighted by Gasteiger charge is 2.16. The van der Waals surface area contributed by atoms with Crippen molar-refractivity contribution < 1.29 is 14.1 Å². The molecule has 0 saturated heterocycles. The van der Waals surface area contributed by atoms with Crippen molar-refractivity contribution in [3.63, 3.8) is 0 Å². The molecule has 1 amide bonds. The molecule has 2 aromatic rings. The lowest BCUT2D eigenvalue weighted by molar-refractivity contribution is 0.0764. The molecule has 0 fully saturated rings. The molecule has 0 bridgehead atoms. The molecule has 2 aromatic heterocycles. The van der Waals surface area contributed by atoms with Gasteiger partial charge in [0.1, 0.15) is 12.2 Å². The zero-order chi connectivity index (χ0) is 15.2. The molecule has 0 aromatic carbocycles. The van der Waals surface area contributed by atoms with Crippen LogP contribution in [0.3, 0.4) is 0 Å². The molecular formula is C14H20N4O3. The van der Waals surface area contributed by atoms with E-state index in [0.717, 1.165) is 12.1 Å². The van der Waals surface area contributed by atoms with Gasteiger partial charge in [0.25, 0.3) is 5.91 Å². The van der Waals surface area contributed by atoms with Gasteiger partial charge in [-0.25, -0.2) is 0 Å². The SMILES string of the molecule is CCc1ccc(C(=O)N(C)Cc2nc(CCOC)no2)[nH]1. The molecular weight excluding hydrogens is 272 g/mol. The van der Waals surface area contributed by atoms with E-state index in [1.807, 2.05) is 13.0 Å². The molecule has 0 aliphatic rings.